The van der Waals surface area contributed by atoms with Crippen LogP contribution in [-0.2, 0) is 6.54 Å². The molecule has 0 saturated heterocycles. The summed E-state index contributed by atoms with van der Waals surface area (Å²) >= 11 is 1.67. The van der Waals surface area contributed by atoms with Crippen molar-refractivity contribution in [2.45, 2.75) is 40.3 Å². The summed E-state index contributed by atoms with van der Waals surface area (Å²) in [5.41, 5.74) is 1.89. The lowest BCUT2D eigenvalue weighted by atomic mass is 10.1. The predicted molar refractivity (Wildman–Crippen MR) is 86.3 cm³/mol. The van der Waals surface area contributed by atoms with E-state index < -0.39 is 5.97 Å². The first-order valence-corrected chi connectivity index (χ1v) is 7.78. The highest BCUT2D eigenvalue weighted by atomic mass is 32.1. The van der Waals surface area contributed by atoms with E-state index in [1.165, 1.54) is 4.88 Å². The maximum absolute atomic E-state index is 11.6. The minimum atomic E-state index is -0.924. The minimum Gasteiger partial charge on any atom is -0.478 e. The third-order valence-corrected chi connectivity index (χ3v) is 4.20. The van der Waals surface area contributed by atoms with Crippen LogP contribution in [0.15, 0.2) is 23.6 Å². The molecule has 2 aromatic heterocycles. The maximum atomic E-state index is 11.6. The molecule has 0 bridgehead atoms. The number of carboxylic acids is 1. The summed E-state index contributed by atoms with van der Waals surface area (Å²) in [6.45, 7) is 8.50. The van der Waals surface area contributed by atoms with Crippen LogP contribution in [0.3, 0.4) is 0 Å². The molecule has 0 aliphatic carbocycles. The van der Waals surface area contributed by atoms with E-state index in [2.05, 4.69) is 29.8 Å². The van der Waals surface area contributed by atoms with E-state index >= 15 is 0 Å². The summed E-state index contributed by atoms with van der Waals surface area (Å²) in [6, 6.07) is 6.05. The standard InChI is InChI=1S/C16H20N2O2S/c1-10(2)18(9-13-6-5-7-21-13)15-14(16(19)20)11(3)8-12(4)17-15/h5-8,10H,9H2,1-4H3,(H,19,20). The van der Waals surface area contributed by atoms with Crippen molar-refractivity contribution in [3.05, 3.63) is 45.3 Å². The summed E-state index contributed by atoms with van der Waals surface area (Å²) in [4.78, 5) is 19.4. The molecule has 2 rings (SSSR count). The van der Waals surface area contributed by atoms with E-state index in [-0.39, 0.29) is 6.04 Å². The van der Waals surface area contributed by atoms with Gasteiger partial charge in [0.2, 0.25) is 0 Å². The summed E-state index contributed by atoms with van der Waals surface area (Å²) < 4.78 is 0. The number of carbonyl (C=O) groups is 1. The zero-order valence-corrected chi connectivity index (χ0v) is 13.6. The molecular formula is C16H20N2O2S. The largest absolute Gasteiger partial charge is 0.478 e. The first-order chi connectivity index (χ1) is 9.90. The van der Waals surface area contributed by atoms with Crippen LogP contribution in [-0.4, -0.2) is 22.1 Å². The van der Waals surface area contributed by atoms with Crippen LogP contribution in [0.1, 0.15) is 40.3 Å². The predicted octanol–water partition coefficient (Wildman–Crippen LogP) is 3.87. The van der Waals surface area contributed by atoms with Crippen LogP contribution >= 0.6 is 11.3 Å². The van der Waals surface area contributed by atoms with E-state index in [4.69, 9.17) is 0 Å². The fourth-order valence-electron chi connectivity index (χ4n) is 2.36. The van der Waals surface area contributed by atoms with E-state index in [0.29, 0.717) is 17.9 Å². The summed E-state index contributed by atoms with van der Waals surface area (Å²) in [5.74, 6) is -0.366. The van der Waals surface area contributed by atoms with Gasteiger partial charge in [0.1, 0.15) is 11.4 Å². The number of aryl methyl sites for hydroxylation is 2. The number of nitrogens with zero attached hydrogens (tertiary/aromatic N) is 2. The Labute approximate surface area is 129 Å². The Morgan fingerprint density at radius 2 is 2.14 bits per heavy atom. The normalized spacial score (nSPS) is 10.9. The number of rotatable bonds is 5. The highest BCUT2D eigenvalue weighted by Crippen LogP contribution is 2.27. The second kappa shape index (κ2) is 6.26. The van der Waals surface area contributed by atoms with Crippen LogP contribution in [0, 0.1) is 13.8 Å². The van der Waals surface area contributed by atoms with Gasteiger partial charge in [-0.15, -0.1) is 11.3 Å². The fraction of sp³-hybridized carbons (Fsp3) is 0.375. The van der Waals surface area contributed by atoms with Gasteiger partial charge in [0.15, 0.2) is 0 Å². The summed E-state index contributed by atoms with van der Waals surface area (Å²) in [5, 5.41) is 11.6. The van der Waals surface area contributed by atoms with Crippen molar-refractivity contribution in [2.24, 2.45) is 0 Å². The smallest absolute Gasteiger partial charge is 0.339 e. The number of aromatic carboxylic acids is 1. The van der Waals surface area contributed by atoms with Gasteiger partial charge in [-0.3, -0.25) is 0 Å². The number of hydrogen-bond donors (Lipinski definition) is 1. The van der Waals surface area contributed by atoms with Crippen molar-refractivity contribution in [1.82, 2.24) is 4.98 Å². The van der Waals surface area contributed by atoms with Gasteiger partial charge in [0.25, 0.3) is 0 Å². The second-order valence-corrected chi connectivity index (χ2v) is 6.42. The number of aromatic nitrogens is 1. The van der Waals surface area contributed by atoms with Crippen molar-refractivity contribution >= 4 is 23.1 Å². The molecule has 0 unspecified atom stereocenters. The van der Waals surface area contributed by atoms with E-state index in [9.17, 15) is 9.90 Å². The summed E-state index contributed by atoms with van der Waals surface area (Å²) in [7, 11) is 0. The molecule has 0 aromatic carbocycles. The molecule has 2 heterocycles. The number of pyridine rings is 1. The molecule has 0 radical (unpaired) electrons. The zero-order chi connectivity index (χ0) is 15.6. The molecule has 0 atom stereocenters. The van der Waals surface area contributed by atoms with Gasteiger partial charge in [-0.25, -0.2) is 9.78 Å². The Morgan fingerprint density at radius 3 is 2.67 bits per heavy atom. The SMILES string of the molecule is Cc1cc(C)c(C(=O)O)c(N(Cc2cccs2)C(C)C)n1. The molecule has 0 amide bonds. The lowest BCUT2D eigenvalue weighted by Gasteiger charge is -2.29. The van der Waals surface area contributed by atoms with Gasteiger partial charge in [-0.1, -0.05) is 6.07 Å². The van der Waals surface area contributed by atoms with Gasteiger partial charge < -0.3 is 10.0 Å². The molecule has 2 aromatic rings. The van der Waals surface area contributed by atoms with Crippen molar-refractivity contribution in [2.75, 3.05) is 4.90 Å². The average molecular weight is 304 g/mol. The summed E-state index contributed by atoms with van der Waals surface area (Å²) in [6.07, 6.45) is 0. The molecule has 0 fully saturated rings. The molecule has 112 valence electrons. The minimum absolute atomic E-state index is 0.166. The van der Waals surface area contributed by atoms with Gasteiger partial charge >= 0.3 is 5.97 Å². The van der Waals surface area contributed by atoms with Gasteiger partial charge in [-0.05, 0) is 50.8 Å². The number of hydrogen-bond acceptors (Lipinski definition) is 4. The molecule has 0 aliphatic heterocycles. The lowest BCUT2D eigenvalue weighted by Crippen LogP contribution is -2.32. The molecule has 0 aliphatic rings. The van der Waals surface area contributed by atoms with Crippen LogP contribution < -0.4 is 4.90 Å². The molecule has 4 nitrogen and oxygen atoms in total. The Balaban J connectivity index is 2.51. The van der Waals surface area contributed by atoms with Crippen LogP contribution in [0.4, 0.5) is 5.82 Å². The fourth-order valence-corrected chi connectivity index (χ4v) is 3.06. The highest BCUT2D eigenvalue weighted by molar-refractivity contribution is 7.09. The van der Waals surface area contributed by atoms with E-state index in [1.54, 1.807) is 11.3 Å². The monoisotopic (exact) mass is 304 g/mol. The number of thiophene rings is 1. The van der Waals surface area contributed by atoms with E-state index in [1.807, 2.05) is 31.4 Å². The van der Waals surface area contributed by atoms with Crippen LogP contribution in [0.25, 0.3) is 0 Å². The quantitative estimate of drug-likeness (QED) is 0.911. The Bertz CT molecular complexity index is 636. The number of anilines is 1. The topological polar surface area (TPSA) is 53.4 Å². The lowest BCUT2D eigenvalue weighted by molar-refractivity contribution is 0.0696. The maximum Gasteiger partial charge on any atom is 0.339 e. The third kappa shape index (κ3) is 3.42. The van der Waals surface area contributed by atoms with Gasteiger partial charge in [0.05, 0.1) is 6.54 Å². The first-order valence-electron chi connectivity index (χ1n) is 6.90. The molecule has 5 heteroatoms. The zero-order valence-electron chi connectivity index (χ0n) is 12.8. The Morgan fingerprint density at radius 1 is 1.43 bits per heavy atom. The van der Waals surface area contributed by atoms with Crippen LogP contribution in [0.2, 0.25) is 0 Å². The van der Waals surface area contributed by atoms with Crippen molar-refractivity contribution < 1.29 is 9.90 Å². The van der Waals surface area contributed by atoms with Crippen molar-refractivity contribution in [3.8, 4) is 0 Å². The van der Waals surface area contributed by atoms with Gasteiger partial charge in [0, 0.05) is 16.6 Å². The molecular weight excluding hydrogens is 284 g/mol. The number of carboxylic acid groups (broad SMARTS) is 1. The van der Waals surface area contributed by atoms with Crippen molar-refractivity contribution in [1.29, 1.82) is 0 Å². The Kier molecular flexibility index (Phi) is 4.63. The average Bonchev–Trinajstić information content (AvgIpc) is 2.86. The van der Waals surface area contributed by atoms with Gasteiger partial charge in [-0.2, -0.15) is 0 Å². The second-order valence-electron chi connectivity index (χ2n) is 5.39. The Hall–Kier alpha value is -1.88. The van der Waals surface area contributed by atoms with E-state index in [0.717, 1.165) is 11.3 Å². The molecule has 21 heavy (non-hydrogen) atoms. The molecule has 0 spiro atoms. The van der Waals surface area contributed by atoms with Crippen LogP contribution in [0.5, 0.6) is 0 Å². The first kappa shape index (κ1) is 15.5. The highest BCUT2D eigenvalue weighted by Gasteiger charge is 2.23. The molecule has 0 saturated carbocycles. The third-order valence-electron chi connectivity index (χ3n) is 3.34. The van der Waals surface area contributed by atoms with Crippen molar-refractivity contribution in [3.63, 3.8) is 0 Å². The molecule has 1 N–H and O–H groups in total.